The number of hydrogen-bond donors (Lipinski definition) is 3. The van der Waals surface area contributed by atoms with Gasteiger partial charge in [-0.15, -0.1) is 0 Å². The molecule has 0 aliphatic carbocycles. The summed E-state index contributed by atoms with van der Waals surface area (Å²) in [6.45, 7) is 1.64. The van der Waals surface area contributed by atoms with Crippen molar-refractivity contribution in [3.05, 3.63) is 0 Å². The van der Waals surface area contributed by atoms with Gasteiger partial charge in [0.25, 0.3) is 0 Å². The highest BCUT2D eigenvalue weighted by atomic mass is 35.5. The lowest BCUT2D eigenvalue weighted by Gasteiger charge is -2.13. The molecule has 0 unspecified atom stereocenters. The molecule has 27 heavy (non-hydrogen) atoms. The minimum absolute atomic E-state index is 0. The first-order chi connectivity index (χ1) is 12.8. The maximum absolute atomic E-state index is 9.02. The molecular formula is C23H50ClNO2. The summed E-state index contributed by atoms with van der Waals surface area (Å²) in [6, 6.07) is 0. The Balaban J connectivity index is 0. The third-order valence-electron chi connectivity index (χ3n) is 5.69. The van der Waals surface area contributed by atoms with E-state index in [2.05, 4.69) is 5.73 Å². The van der Waals surface area contributed by atoms with Gasteiger partial charge in [-0.05, 0) is 31.6 Å². The van der Waals surface area contributed by atoms with Crippen molar-refractivity contribution in [3.8, 4) is 0 Å². The van der Waals surface area contributed by atoms with Crippen LogP contribution in [0.4, 0.5) is 0 Å². The first-order valence-electron chi connectivity index (χ1n) is 11.9. The molecule has 0 saturated heterocycles. The van der Waals surface area contributed by atoms with Crippen LogP contribution in [0.1, 0.15) is 122 Å². The van der Waals surface area contributed by atoms with E-state index in [1.807, 2.05) is 0 Å². The van der Waals surface area contributed by atoms with Crippen LogP contribution in [0.15, 0.2) is 0 Å². The Bertz CT molecular complexity index is 249. The topological polar surface area (TPSA) is 68.1 Å². The van der Waals surface area contributed by atoms with Crippen molar-refractivity contribution in [1.29, 1.82) is 0 Å². The summed E-state index contributed by atoms with van der Waals surface area (Å²) in [5.74, 6) is 0.527. The second-order valence-corrected chi connectivity index (χ2v) is 8.19. The van der Waals surface area contributed by atoms with Crippen molar-refractivity contribution in [2.24, 2.45) is 5.92 Å². The zero-order valence-electron chi connectivity index (χ0n) is 18.1. The molecular weight excluding hydrogens is 358 g/mol. The zero-order chi connectivity index (χ0) is 19.1. The average molecular weight is 408 g/mol. The van der Waals surface area contributed by atoms with E-state index in [-0.39, 0.29) is 25.6 Å². The number of halogens is 1. The molecule has 0 bridgehead atoms. The van der Waals surface area contributed by atoms with Crippen LogP contribution in [-0.4, -0.2) is 30.0 Å². The monoisotopic (exact) mass is 407 g/mol. The Morgan fingerprint density at radius 3 is 1.04 bits per heavy atom. The number of aliphatic hydroxyl groups is 2. The second kappa shape index (κ2) is 26.2. The van der Waals surface area contributed by atoms with Crippen LogP contribution in [0.5, 0.6) is 0 Å². The van der Waals surface area contributed by atoms with E-state index in [0.29, 0.717) is 5.92 Å². The normalized spacial score (nSPS) is 11.1. The highest BCUT2D eigenvalue weighted by Crippen LogP contribution is 2.18. The number of rotatable bonds is 22. The molecule has 0 aliphatic heterocycles. The van der Waals surface area contributed by atoms with Gasteiger partial charge in [0.05, 0.1) is 6.54 Å². The minimum atomic E-state index is 0. The van der Waals surface area contributed by atoms with Crippen molar-refractivity contribution in [2.75, 3.05) is 19.8 Å². The molecule has 3 nitrogen and oxygen atoms in total. The fraction of sp³-hybridized carbons (Fsp3) is 1.00. The molecule has 166 valence electrons. The van der Waals surface area contributed by atoms with Crippen molar-refractivity contribution in [1.82, 2.24) is 0 Å². The van der Waals surface area contributed by atoms with Crippen LogP contribution in [-0.2, 0) is 0 Å². The third-order valence-corrected chi connectivity index (χ3v) is 5.69. The molecule has 5 N–H and O–H groups in total. The molecule has 0 rings (SSSR count). The van der Waals surface area contributed by atoms with E-state index in [4.69, 9.17) is 10.2 Å². The van der Waals surface area contributed by atoms with Gasteiger partial charge in [0.15, 0.2) is 0 Å². The highest BCUT2D eigenvalue weighted by Gasteiger charge is 2.06. The smallest absolute Gasteiger partial charge is 0.0739 e. The molecule has 0 fully saturated rings. The Morgan fingerprint density at radius 2 is 0.741 bits per heavy atom. The Kier molecular flexibility index (Phi) is 28.5. The molecule has 0 radical (unpaired) electrons. The van der Waals surface area contributed by atoms with E-state index in [9.17, 15) is 0 Å². The summed E-state index contributed by atoms with van der Waals surface area (Å²) in [4.78, 5) is 0. The zero-order valence-corrected chi connectivity index (χ0v) is 18.9. The summed E-state index contributed by atoms with van der Waals surface area (Å²) < 4.78 is 0. The summed E-state index contributed by atoms with van der Waals surface area (Å²) >= 11 is 0. The maximum atomic E-state index is 9.02. The van der Waals surface area contributed by atoms with Gasteiger partial charge in [-0.25, -0.2) is 0 Å². The van der Waals surface area contributed by atoms with Gasteiger partial charge >= 0.3 is 0 Å². The predicted octanol–water partition coefficient (Wildman–Crippen LogP) is 2.25. The van der Waals surface area contributed by atoms with E-state index < -0.39 is 0 Å². The van der Waals surface area contributed by atoms with Gasteiger partial charge in [0.1, 0.15) is 0 Å². The van der Waals surface area contributed by atoms with Crippen LogP contribution < -0.4 is 18.1 Å². The summed E-state index contributed by atoms with van der Waals surface area (Å²) in [5.41, 5.74) is 3.90. The van der Waals surface area contributed by atoms with Crippen LogP contribution in [0.25, 0.3) is 0 Å². The predicted molar refractivity (Wildman–Crippen MR) is 113 cm³/mol. The lowest BCUT2D eigenvalue weighted by molar-refractivity contribution is -0.368. The Labute approximate surface area is 176 Å². The minimum Gasteiger partial charge on any atom is -1.00 e. The standard InChI is InChI=1S/C23H49NO2.ClH/c24-20-16-14-12-10-8-6-4-2-1-3-5-7-9-11-13-15-17-23(18-21-25)19-22-26;/h23,25-26H,1-22,24H2;1H. The summed E-state index contributed by atoms with van der Waals surface area (Å²) in [6.07, 6.45) is 25.2. The van der Waals surface area contributed by atoms with Gasteiger partial charge in [-0.2, -0.15) is 0 Å². The van der Waals surface area contributed by atoms with E-state index in [1.165, 1.54) is 109 Å². The molecule has 0 spiro atoms. The molecule has 0 aromatic rings. The molecule has 0 aromatic carbocycles. The quantitative estimate of drug-likeness (QED) is 0.241. The van der Waals surface area contributed by atoms with Crippen molar-refractivity contribution >= 4 is 0 Å². The first kappa shape index (κ1) is 29.4. The SMILES string of the molecule is [Cl-].[NH3+]CCCCCCCCCCCCCCCCCCC(CCO)CCO. The molecule has 0 saturated carbocycles. The van der Waals surface area contributed by atoms with Gasteiger partial charge in [-0.3, -0.25) is 0 Å². The summed E-state index contributed by atoms with van der Waals surface area (Å²) in [5, 5.41) is 18.0. The lowest BCUT2D eigenvalue weighted by atomic mass is 9.94. The van der Waals surface area contributed by atoms with E-state index in [0.717, 1.165) is 19.4 Å². The van der Waals surface area contributed by atoms with Crippen molar-refractivity contribution < 1.29 is 28.4 Å². The summed E-state index contributed by atoms with van der Waals surface area (Å²) in [7, 11) is 0. The maximum Gasteiger partial charge on any atom is 0.0739 e. The van der Waals surface area contributed by atoms with E-state index >= 15 is 0 Å². The highest BCUT2D eigenvalue weighted by molar-refractivity contribution is 4.59. The van der Waals surface area contributed by atoms with Crippen molar-refractivity contribution in [2.45, 2.75) is 122 Å². The van der Waals surface area contributed by atoms with Crippen molar-refractivity contribution in [3.63, 3.8) is 0 Å². The fourth-order valence-electron chi connectivity index (χ4n) is 3.88. The van der Waals surface area contributed by atoms with E-state index in [1.54, 1.807) is 0 Å². The molecule has 0 heterocycles. The molecule has 0 aromatic heterocycles. The fourth-order valence-corrected chi connectivity index (χ4v) is 3.88. The molecule has 0 atom stereocenters. The molecule has 4 heteroatoms. The van der Waals surface area contributed by atoms with Gasteiger partial charge < -0.3 is 28.4 Å². The second-order valence-electron chi connectivity index (χ2n) is 8.19. The van der Waals surface area contributed by atoms with Crippen LogP contribution in [0.2, 0.25) is 0 Å². The van der Waals surface area contributed by atoms with Gasteiger partial charge in [0.2, 0.25) is 0 Å². The number of unbranched alkanes of at least 4 members (excludes halogenated alkanes) is 15. The Hall–Kier alpha value is 0.170. The Morgan fingerprint density at radius 1 is 0.444 bits per heavy atom. The van der Waals surface area contributed by atoms with Crippen LogP contribution in [0.3, 0.4) is 0 Å². The van der Waals surface area contributed by atoms with Crippen LogP contribution in [0, 0.1) is 5.92 Å². The van der Waals surface area contributed by atoms with Gasteiger partial charge in [0, 0.05) is 13.2 Å². The third kappa shape index (κ3) is 24.1. The van der Waals surface area contributed by atoms with Gasteiger partial charge in [-0.1, -0.05) is 96.3 Å². The largest absolute Gasteiger partial charge is 1.00 e. The lowest BCUT2D eigenvalue weighted by Crippen LogP contribution is -3.00. The number of quaternary nitrogens is 1. The molecule has 0 aliphatic rings. The average Bonchev–Trinajstić information content (AvgIpc) is 2.64. The number of hydrogen-bond acceptors (Lipinski definition) is 2. The first-order valence-corrected chi connectivity index (χ1v) is 11.9. The number of aliphatic hydroxyl groups excluding tert-OH is 2. The molecule has 0 amide bonds. The van der Waals surface area contributed by atoms with Crippen LogP contribution >= 0.6 is 0 Å².